The number of hydrogen-bond acceptors (Lipinski definition) is 2. The fraction of sp³-hybridized carbons (Fsp3) is 0.562. The number of carbonyl (C=O) groups is 1. The van der Waals surface area contributed by atoms with Gasteiger partial charge in [0.1, 0.15) is 11.6 Å². The molecule has 0 aromatic heterocycles. The van der Waals surface area contributed by atoms with Crippen LogP contribution < -0.4 is 5.32 Å². The predicted molar refractivity (Wildman–Crippen MR) is 77.8 cm³/mol. The number of amides is 1. The quantitative estimate of drug-likeness (QED) is 0.775. The molecule has 0 bridgehead atoms. The van der Waals surface area contributed by atoms with Crippen LogP contribution in [0.2, 0.25) is 0 Å². The average Bonchev–Trinajstić information content (AvgIpc) is 2.47. The Morgan fingerprint density at radius 3 is 2.57 bits per heavy atom. The van der Waals surface area contributed by atoms with Crippen LogP contribution in [0.25, 0.3) is 0 Å². The molecule has 0 spiro atoms. The molecule has 21 heavy (non-hydrogen) atoms. The summed E-state index contributed by atoms with van der Waals surface area (Å²) in [7, 11) is 0. The number of aliphatic hydroxyl groups excluding tert-OH is 1. The van der Waals surface area contributed by atoms with Gasteiger partial charge in [-0.05, 0) is 36.1 Å². The average molecular weight is 299 g/mol. The van der Waals surface area contributed by atoms with E-state index in [9.17, 15) is 18.7 Å². The third-order valence-corrected chi connectivity index (χ3v) is 3.73. The summed E-state index contributed by atoms with van der Waals surface area (Å²) in [5.41, 5.74) is 0.186. The van der Waals surface area contributed by atoms with E-state index in [1.807, 2.05) is 13.8 Å². The molecule has 1 atom stereocenters. The first-order chi connectivity index (χ1) is 9.97. The second-order valence-corrected chi connectivity index (χ2v) is 5.18. The highest BCUT2D eigenvalue weighted by Gasteiger charge is 2.16. The summed E-state index contributed by atoms with van der Waals surface area (Å²) in [6.45, 7) is 4.18. The predicted octanol–water partition coefficient (Wildman–Crippen LogP) is 2.81. The molecule has 0 aliphatic carbocycles. The number of carbonyl (C=O) groups excluding carboxylic acids is 1. The Hall–Kier alpha value is -1.49. The van der Waals surface area contributed by atoms with Crippen LogP contribution in [-0.4, -0.2) is 23.7 Å². The second-order valence-electron chi connectivity index (χ2n) is 5.18. The monoisotopic (exact) mass is 299 g/mol. The smallest absolute Gasteiger partial charge is 0.220 e. The number of benzene rings is 1. The first-order valence-corrected chi connectivity index (χ1v) is 7.36. The number of aryl methyl sites for hydroxylation is 1. The Labute approximate surface area is 124 Å². The summed E-state index contributed by atoms with van der Waals surface area (Å²) in [4.78, 5) is 11.7. The van der Waals surface area contributed by atoms with Gasteiger partial charge in [0, 0.05) is 13.0 Å². The van der Waals surface area contributed by atoms with Crippen molar-refractivity contribution in [2.24, 2.45) is 5.92 Å². The van der Waals surface area contributed by atoms with E-state index in [-0.39, 0.29) is 36.8 Å². The van der Waals surface area contributed by atoms with Gasteiger partial charge in [-0.15, -0.1) is 0 Å². The van der Waals surface area contributed by atoms with E-state index < -0.39 is 17.7 Å². The molecule has 2 N–H and O–H groups in total. The van der Waals surface area contributed by atoms with Crippen molar-refractivity contribution in [2.45, 2.75) is 45.6 Å². The number of hydrogen-bond donors (Lipinski definition) is 2. The molecule has 0 heterocycles. The van der Waals surface area contributed by atoms with Gasteiger partial charge in [-0.3, -0.25) is 4.79 Å². The van der Waals surface area contributed by atoms with E-state index >= 15 is 0 Å². The molecule has 0 aliphatic rings. The lowest BCUT2D eigenvalue weighted by Gasteiger charge is -2.20. The van der Waals surface area contributed by atoms with Crippen LogP contribution in [0.15, 0.2) is 18.2 Å². The van der Waals surface area contributed by atoms with E-state index in [4.69, 9.17) is 0 Å². The van der Waals surface area contributed by atoms with Gasteiger partial charge in [0.15, 0.2) is 0 Å². The van der Waals surface area contributed by atoms with Gasteiger partial charge in [-0.2, -0.15) is 0 Å². The van der Waals surface area contributed by atoms with Gasteiger partial charge in [0.2, 0.25) is 5.91 Å². The number of aliphatic hydroxyl groups is 1. The van der Waals surface area contributed by atoms with Gasteiger partial charge in [0.05, 0.1) is 6.10 Å². The number of rotatable bonds is 8. The molecule has 0 fully saturated rings. The minimum atomic E-state index is -0.574. The largest absolute Gasteiger partial charge is 0.391 e. The Bertz CT molecular complexity index is 462. The SMILES string of the molecule is CCC(CC)C(O)CNC(=O)CCc1cc(F)ccc1F. The van der Waals surface area contributed by atoms with Crippen LogP contribution in [0.3, 0.4) is 0 Å². The fourth-order valence-corrected chi connectivity index (χ4v) is 2.29. The maximum atomic E-state index is 13.4. The molecular weight excluding hydrogens is 276 g/mol. The lowest BCUT2D eigenvalue weighted by molar-refractivity contribution is -0.121. The lowest BCUT2D eigenvalue weighted by Crippen LogP contribution is -2.36. The highest BCUT2D eigenvalue weighted by atomic mass is 19.1. The molecule has 118 valence electrons. The molecule has 1 rings (SSSR count). The van der Waals surface area contributed by atoms with Crippen molar-refractivity contribution in [3.05, 3.63) is 35.4 Å². The zero-order chi connectivity index (χ0) is 15.8. The van der Waals surface area contributed by atoms with Crippen molar-refractivity contribution in [1.29, 1.82) is 0 Å². The van der Waals surface area contributed by atoms with Gasteiger partial charge in [-0.25, -0.2) is 8.78 Å². The fourth-order valence-electron chi connectivity index (χ4n) is 2.29. The van der Waals surface area contributed by atoms with Crippen LogP contribution >= 0.6 is 0 Å². The molecular formula is C16H23F2NO2. The summed E-state index contributed by atoms with van der Waals surface area (Å²) in [5.74, 6) is -1.15. The molecule has 1 amide bonds. The molecule has 1 unspecified atom stereocenters. The van der Waals surface area contributed by atoms with E-state index in [2.05, 4.69) is 5.32 Å². The minimum Gasteiger partial charge on any atom is -0.391 e. The first-order valence-electron chi connectivity index (χ1n) is 7.36. The Morgan fingerprint density at radius 1 is 1.29 bits per heavy atom. The summed E-state index contributed by atoms with van der Waals surface area (Å²) in [5, 5.41) is 12.5. The molecule has 0 saturated heterocycles. The molecule has 5 heteroatoms. The maximum Gasteiger partial charge on any atom is 0.220 e. The van der Waals surface area contributed by atoms with Crippen LogP contribution in [0.1, 0.15) is 38.7 Å². The number of nitrogens with one attached hydrogen (secondary N) is 1. The van der Waals surface area contributed by atoms with Crippen LogP contribution in [0.5, 0.6) is 0 Å². The first kappa shape index (κ1) is 17.6. The lowest BCUT2D eigenvalue weighted by atomic mass is 9.96. The van der Waals surface area contributed by atoms with Crippen molar-refractivity contribution in [1.82, 2.24) is 5.32 Å². The van der Waals surface area contributed by atoms with Crippen molar-refractivity contribution >= 4 is 5.91 Å². The molecule has 0 saturated carbocycles. The third-order valence-electron chi connectivity index (χ3n) is 3.73. The summed E-state index contributed by atoms with van der Waals surface area (Å²) in [6.07, 6.45) is 1.33. The summed E-state index contributed by atoms with van der Waals surface area (Å²) in [6, 6.07) is 3.20. The molecule has 0 radical (unpaired) electrons. The number of halogens is 2. The van der Waals surface area contributed by atoms with Gasteiger partial charge in [-0.1, -0.05) is 26.7 Å². The zero-order valence-corrected chi connectivity index (χ0v) is 12.5. The van der Waals surface area contributed by atoms with Crippen LogP contribution in [0, 0.1) is 17.6 Å². The minimum absolute atomic E-state index is 0.0655. The zero-order valence-electron chi connectivity index (χ0n) is 12.5. The topological polar surface area (TPSA) is 49.3 Å². The molecule has 1 aromatic rings. The van der Waals surface area contributed by atoms with Gasteiger partial charge in [0.25, 0.3) is 0 Å². The van der Waals surface area contributed by atoms with E-state index in [0.29, 0.717) is 0 Å². The summed E-state index contributed by atoms with van der Waals surface area (Å²) >= 11 is 0. The van der Waals surface area contributed by atoms with E-state index in [0.717, 1.165) is 31.0 Å². The normalized spacial score (nSPS) is 12.5. The summed E-state index contributed by atoms with van der Waals surface area (Å²) < 4.78 is 26.4. The van der Waals surface area contributed by atoms with Crippen molar-refractivity contribution < 1.29 is 18.7 Å². The molecule has 3 nitrogen and oxygen atoms in total. The van der Waals surface area contributed by atoms with Crippen molar-refractivity contribution in [3.63, 3.8) is 0 Å². The maximum absolute atomic E-state index is 13.4. The standard InChI is InChI=1S/C16H23F2NO2/c1-3-11(4-2)15(20)10-19-16(21)8-5-12-9-13(17)6-7-14(12)18/h6-7,9,11,15,20H,3-5,8,10H2,1-2H3,(H,19,21). The Kier molecular flexibility index (Phi) is 7.29. The van der Waals surface area contributed by atoms with E-state index in [1.54, 1.807) is 0 Å². The second kappa shape index (κ2) is 8.72. The van der Waals surface area contributed by atoms with Gasteiger partial charge < -0.3 is 10.4 Å². The molecule has 1 aromatic carbocycles. The van der Waals surface area contributed by atoms with Crippen molar-refractivity contribution in [2.75, 3.05) is 6.54 Å². The highest BCUT2D eigenvalue weighted by Crippen LogP contribution is 2.13. The van der Waals surface area contributed by atoms with Gasteiger partial charge >= 0.3 is 0 Å². The highest BCUT2D eigenvalue weighted by molar-refractivity contribution is 5.76. The third kappa shape index (κ3) is 5.79. The Balaban J connectivity index is 2.39. The Morgan fingerprint density at radius 2 is 1.95 bits per heavy atom. The van der Waals surface area contributed by atoms with Crippen LogP contribution in [-0.2, 0) is 11.2 Å². The van der Waals surface area contributed by atoms with Crippen molar-refractivity contribution in [3.8, 4) is 0 Å². The van der Waals surface area contributed by atoms with Crippen LogP contribution in [0.4, 0.5) is 8.78 Å². The van der Waals surface area contributed by atoms with E-state index in [1.165, 1.54) is 0 Å². The molecule has 0 aliphatic heterocycles.